The van der Waals surface area contributed by atoms with Crippen LogP contribution >= 0.6 is 0 Å². The predicted octanol–water partition coefficient (Wildman–Crippen LogP) is 3.60. The molecule has 2 aromatic rings. The number of carbonyl (C=O) groups is 1. The molecule has 3 rings (SSSR count). The van der Waals surface area contributed by atoms with Crippen LogP contribution in [0.2, 0.25) is 0 Å². The Morgan fingerprint density at radius 3 is 2.35 bits per heavy atom. The van der Waals surface area contributed by atoms with Gasteiger partial charge >= 0.3 is 0 Å². The molecule has 0 saturated carbocycles. The first-order chi connectivity index (χ1) is 8.34. The summed E-state index contributed by atoms with van der Waals surface area (Å²) in [6, 6.07) is 18.3. The number of hydrogen-bond donors (Lipinski definition) is 0. The maximum absolute atomic E-state index is 12.1. The number of carbonyl (C=O) groups excluding carboxylic acids is 1. The number of Topliss-reactive ketones (excluding diaryl/α,β-unsaturated/α-hetero) is 1. The summed E-state index contributed by atoms with van der Waals surface area (Å²) in [4.78, 5) is 12.1. The van der Waals surface area contributed by atoms with Gasteiger partial charge in [0.1, 0.15) is 0 Å². The summed E-state index contributed by atoms with van der Waals surface area (Å²) in [5.41, 5.74) is 3.38. The number of rotatable bonds is 1. The largest absolute Gasteiger partial charge is 0.294 e. The van der Waals surface area contributed by atoms with Gasteiger partial charge < -0.3 is 0 Å². The SMILES string of the molecule is O=C1C[C@H](c2ccccc2)Cc2ccccc21. The van der Waals surface area contributed by atoms with Crippen LogP contribution in [-0.4, -0.2) is 5.78 Å². The van der Waals surface area contributed by atoms with Crippen LogP contribution < -0.4 is 0 Å². The Kier molecular flexibility index (Phi) is 2.52. The topological polar surface area (TPSA) is 17.1 Å². The molecule has 0 heterocycles. The molecule has 0 N–H and O–H groups in total. The van der Waals surface area contributed by atoms with Gasteiger partial charge in [-0.15, -0.1) is 0 Å². The molecule has 0 bridgehead atoms. The average Bonchev–Trinajstić information content (AvgIpc) is 2.40. The van der Waals surface area contributed by atoms with E-state index in [0.717, 1.165) is 12.0 Å². The van der Waals surface area contributed by atoms with Gasteiger partial charge in [-0.3, -0.25) is 4.79 Å². The highest BCUT2D eigenvalue weighted by molar-refractivity contribution is 5.99. The molecule has 0 radical (unpaired) electrons. The Bertz CT molecular complexity index is 542. The van der Waals surface area contributed by atoms with E-state index in [4.69, 9.17) is 0 Å². The molecule has 1 nitrogen and oxygen atoms in total. The lowest BCUT2D eigenvalue weighted by Gasteiger charge is -2.23. The Hall–Kier alpha value is -1.89. The van der Waals surface area contributed by atoms with Gasteiger partial charge in [0.05, 0.1) is 0 Å². The van der Waals surface area contributed by atoms with Crippen LogP contribution in [0.1, 0.15) is 33.8 Å². The van der Waals surface area contributed by atoms with Crippen LogP contribution in [0.25, 0.3) is 0 Å². The standard InChI is InChI=1S/C16H14O/c17-16-11-14(12-6-2-1-3-7-12)10-13-8-4-5-9-15(13)16/h1-9,14H,10-11H2/t14-/m1/s1. The third-order valence-electron chi connectivity index (χ3n) is 3.49. The second-order valence-corrected chi connectivity index (χ2v) is 4.60. The summed E-state index contributed by atoms with van der Waals surface area (Å²) in [5, 5.41) is 0. The quantitative estimate of drug-likeness (QED) is 0.720. The van der Waals surface area contributed by atoms with E-state index in [9.17, 15) is 4.79 Å². The average molecular weight is 222 g/mol. The molecule has 0 aromatic heterocycles. The van der Waals surface area contributed by atoms with E-state index < -0.39 is 0 Å². The van der Waals surface area contributed by atoms with Crippen LogP contribution in [0.15, 0.2) is 54.6 Å². The van der Waals surface area contributed by atoms with Crippen LogP contribution in [0, 0.1) is 0 Å². The highest BCUT2D eigenvalue weighted by atomic mass is 16.1. The fourth-order valence-electron chi connectivity index (χ4n) is 2.60. The summed E-state index contributed by atoms with van der Waals surface area (Å²) < 4.78 is 0. The molecular formula is C16H14O. The van der Waals surface area contributed by atoms with Crippen LogP contribution in [-0.2, 0) is 6.42 Å². The molecular weight excluding hydrogens is 208 g/mol. The van der Waals surface area contributed by atoms with E-state index in [1.807, 2.05) is 36.4 Å². The van der Waals surface area contributed by atoms with Crippen LogP contribution in [0.3, 0.4) is 0 Å². The third-order valence-corrected chi connectivity index (χ3v) is 3.49. The minimum Gasteiger partial charge on any atom is -0.294 e. The summed E-state index contributed by atoms with van der Waals surface area (Å²) in [5.74, 6) is 0.624. The molecule has 17 heavy (non-hydrogen) atoms. The molecule has 0 aliphatic heterocycles. The second-order valence-electron chi connectivity index (χ2n) is 4.60. The first-order valence-electron chi connectivity index (χ1n) is 6.00. The van der Waals surface area contributed by atoms with Gasteiger partial charge in [-0.1, -0.05) is 54.6 Å². The normalized spacial score (nSPS) is 18.8. The number of fused-ring (bicyclic) bond motifs is 1. The summed E-state index contributed by atoms with van der Waals surface area (Å²) in [6.07, 6.45) is 1.62. The van der Waals surface area contributed by atoms with Crippen molar-refractivity contribution in [3.8, 4) is 0 Å². The van der Waals surface area contributed by atoms with Crippen molar-refractivity contribution in [1.29, 1.82) is 0 Å². The van der Waals surface area contributed by atoms with Crippen molar-refractivity contribution in [3.05, 3.63) is 71.3 Å². The second kappa shape index (κ2) is 4.17. The Balaban J connectivity index is 1.97. The maximum atomic E-state index is 12.1. The number of benzene rings is 2. The zero-order chi connectivity index (χ0) is 11.7. The van der Waals surface area contributed by atoms with Crippen molar-refractivity contribution in [2.24, 2.45) is 0 Å². The van der Waals surface area contributed by atoms with Crippen LogP contribution in [0.4, 0.5) is 0 Å². The van der Waals surface area contributed by atoms with Crippen LogP contribution in [0.5, 0.6) is 0 Å². The van der Waals surface area contributed by atoms with Gasteiger partial charge in [0, 0.05) is 12.0 Å². The molecule has 0 unspecified atom stereocenters. The summed E-state index contributed by atoms with van der Waals surface area (Å²) in [7, 11) is 0. The molecule has 0 saturated heterocycles. The molecule has 1 aliphatic carbocycles. The molecule has 1 heteroatoms. The van der Waals surface area contributed by atoms with Crippen molar-refractivity contribution in [2.45, 2.75) is 18.8 Å². The van der Waals surface area contributed by atoms with E-state index in [1.165, 1.54) is 11.1 Å². The van der Waals surface area contributed by atoms with Gasteiger partial charge in [-0.05, 0) is 23.5 Å². The van der Waals surface area contributed by atoms with Crippen molar-refractivity contribution in [1.82, 2.24) is 0 Å². The molecule has 84 valence electrons. The first kappa shape index (κ1) is 10.3. The van der Waals surface area contributed by atoms with Gasteiger partial charge in [0.2, 0.25) is 0 Å². The highest BCUT2D eigenvalue weighted by Gasteiger charge is 2.25. The number of ketones is 1. The monoisotopic (exact) mass is 222 g/mol. The first-order valence-corrected chi connectivity index (χ1v) is 6.00. The van der Waals surface area contributed by atoms with Gasteiger partial charge in [-0.2, -0.15) is 0 Å². The fourth-order valence-corrected chi connectivity index (χ4v) is 2.60. The fraction of sp³-hybridized carbons (Fsp3) is 0.188. The Morgan fingerprint density at radius 2 is 1.53 bits per heavy atom. The Morgan fingerprint density at radius 1 is 0.824 bits per heavy atom. The van der Waals surface area contributed by atoms with E-state index in [1.54, 1.807) is 0 Å². The Labute approximate surface area is 101 Å². The van der Waals surface area contributed by atoms with E-state index in [-0.39, 0.29) is 5.78 Å². The maximum Gasteiger partial charge on any atom is 0.163 e. The molecule has 0 amide bonds. The smallest absolute Gasteiger partial charge is 0.163 e. The van der Waals surface area contributed by atoms with Crippen molar-refractivity contribution < 1.29 is 4.79 Å². The molecule has 0 spiro atoms. The zero-order valence-corrected chi connectivity index (χ0v) is 9.60. The zero-order valence-electron chi connectivity index (χ0n) is 9.60. The molecule has 0 fully saturated rings. The molecule has 1 atom stereocenters. The van der Waals surface area contributed by atoms with Crippen molar-refractivity contribution in [2.75, 3.05) is 0 Å². The molecule has 1 aliphatic rings. The van der Waals surface area contributed by atoms with Gasteiger partial charge in [0.25, 0.3) is 0 Å². The summed E-state index contributed by atoms with van der Waals surface area (Å²) in [6.45, 7) is 0. The lowest BCUT2D eigenvalue weighted by Crippen LogP contribution is -2.18. The van der Waals surface area contributed by atoms with E-state index in [0.29, 0.717) is 12.3 Å². The minimum absolute atomic E-state index is 0.278. The summed E-state index contributed by atoms with van der Waals surface area (Å²) >= 11 is 0. The van der Waals surface area contributed by atoms with E-state index >= 15 is 0 Å². The highest BCUT2D eigenvalue weighted by Crippen LogP contribution is 2.32. The lowest BCUT2D eigenvalue weighted by molar-refractivity contribution is 0.0964. The van der Waals surface area contributed by atoms with Crippen molar-refractivity contribution in [3.63, 3.8) is 0 Å². The van der Waals surface area contributed by atoms with Gasteiger partial charge in [-0.25, -0.2) is 0 Å². The third kappa shape index (κ3) is 1.89. The van der Waals surface area contributed by atoms with Crippen molar-refractivity contribution >= 4 is 5.78 Å². The molecule has 2 aromatic carbocycles. The number of hydrogen-bond acceptors (Lipinski definition) is 1. The van der Waals surface area contributed by atoms with E-state index in [2.05, 4.69) is 18.2 Å². The lowest BCUT2D eigenvalue weighted by atomic mass is 9.79. The van der Waals surface area contributed by atoms with Gasteiger partial charge in [0.15, 0.2) is 5.78 Å². The predicted molar refractivity (Wildman–Crippen MR) is 68.3 cm³/mol. The minimum atomic E-state index is 0.278.